The number of benzene rings is 1. The molecule has 5 nitrogen and oxygen atoms in total. The van der Waals surface area contributed by atoms with E-state index >= 15 is 0 Å². The van der Waals surface area contributed by atoms with Gasteiger partial charge in [0, 0.05) is 18.7 Å². The lowest BCUT2D eigenvalue weighted by Crippen LogP contribution is -2.24. The number of hydrogen-bond acceptors (Lipinski definition) is 4. The summed E-state index contributed by atoms with van der Waals surface area (Å²) in [6.07, 6.45) is 1.79. The Morgan fingerprint density at radius 3 is 2.43 bits per heavy atom. The molecule has 0 aromatic heterocycles. The van der Waals surface area contributed by atoms with E-state index in [-0.39, 0.29) is 4.90 Å². The Morgan fingerprint density at radius 1 is 1.10 bits per heavy atom. The smallest absolute Gasteiger partial charge is 0.240 e. The van der Waals surface area contributed by atoms with Gasteiger partial charge in [0.25, 0.3) is 0 Å². The largest absolute Gasteiger partial charge is 0.494 e. The zero-order valence-corrected chi connectivity index (χ0v) is 13.9. The molecule has 0 amide bonds. The minimum absolute atomic E-state index is 0.285. The first-order valence-corrected chi connectivity index (χ1v) is 8.99. The van der Waals surface area contributed by atoms with Crippen molar-refractivity contribution < 1.29 is 13.2 Å². The molecule has 0 bridgehead atoms. The second-order valence-electron chi connectivity index (χ2n) is 4.78. The van der Waals surface area contributed by atoms with Crippen LogP contribution in [0.15, 0.2) is 23.1 Å². The normalized spacial score (nSPS) is 11.6. The maximum atomic E-state index is 12.2. The molecule has 0 unspecified atom stereocenters. The van der Waals surface area contributed by atoms with Crippen molar-refractivity contribution in [2.24, 2.45) is 0 Å². The Morgan fingerprint density at radius 2 is 1.81 bits per heavy atom. The lowest BCUT2D eigenvalue weighted by molar-refractivity contribution is 0.335. The van der Waals surface area contributed by atoms with Crippen molar-refractivity contribution >= 4 is 10.0 Å². The second-order valence-corrected chi connectivity index (χ2v) is 6.54. The van der Waals surface area contributed by atoms with Crippen LogP contribution < -0.4 is 14.8 Å². The number of sulfonamides is 1. The van der Waals surface area contributed by atoms with Gasteiger partial charge in [-0.1, -0.05) is 13.8 Å². The molecule has 0 radical (unpaired) electrons. The Hall–Kier alpha value is -1.11. The summed E-state index contributed by atoms with van der Waals surface area (Å²) in [6.45, 7) is 8.42. The molecule has 120 valence electrons. The third-order valence-corrected chi connectivity index (χ3v) is 4.39. The standard InChI is InChI=1S/C15H26N2O3S/c1-4-9-16-12-13-11-14(7-8-15(13)20-6-3)21(18,19)17-10-5-2/h7-8,11,16-17H,4-6,9-10,12H2,1-3H3. The highest BCUT2D eigenvalue weighted by molar-refractivity contribution is 7.89. The average Bonchev–Trinajstić information content (AvgIpc) is 2.47. The summed E-state index contributed by atoms with van der Waals surface area (Å²) >= 11 is 0. The van der Waals surface area contributed by atoms with Crippen molar-refractivity contribution in [2.75, 3.05) is 19.7 Å². The topological polar surface area (TPSA) is 67.4 Å². The highest BCUT2D eigenvalue weighted by Gasteiger charge is 2.15. The summed E-state index contributed by atoms with van der Waals surface area (Å²) in [5, 5.41) is 3.28. The van der Waals surface area contributed by atoms with Gasteiger partial charge in [-0.25, -0.2) is 13.1 Å². The minimum Gasteiger partial charge on any atom is -0.494 e. The SMILES string of the molecule is CCCNCc1cc(S(=O)(=O)NCCC)ccc1OCC. The van der Waals surface area contributed by atoms with Gasteiger partial charge in [0.2, 0.25) is 10.0 Å². The fourth-order valence-corrected chi connectivity index (χ4v) is 3.06. The molecular formula is C15H26N2O3S. The summed E-state index contributed by atoms with van der Waals surface area (Å²) in [5.41, 5.74) is 0.865. The van der Waals surface area contributed by atoms with Crippen LogP contribution in [0.5, 0.6) is 5.75 Å². The molecule has 0 aliphatic rings. The fraction of sp³-hybridized carbons (Fsp3) is 0.600. The minimum atomic E-state index is -3.44. The lowest BCUT2D eigenvalue weighted by atomic mass is 10.2. The molecule has 1 aromatic rings. The molecule has 0 fully saturated rings. The van der Waals surface area contributed by atoms with Gasteiger partial charge in [-0.3, -0.25) is 0 Å². The quantitative estimate of drug-likeness (QED) is 0.650. The van der Waals surface area contributed by atoms with Gasteiger partial charge in [-0.15, -0.1) is 0 Å². The van der Waals surface area contributed by atoms with E-state index in [0.29, 0.717) is 19.7 Å². The van der Waals surface area contributed by atoms with Crippen molar-refractivity contribution in [1.82, 2.24) is 10.0 Å². The van der Waals surface area contributed by atoms with Gasteiger partial charge in [0.05, 0.1) is 11.5 Å². The molecule has 2 N–H and O–H groups in total. The van der Waals surface area contributed by atoms with E-state index in [2.05, 4.69) is 17.0 Å². The molecule has 0 aliphatic heterocycles. The van der Waals surface area contributed by atoms with Gasteiger partial charge in [-0.05, 0) is 44.5 Å². The molecule has 1 rings (SSSR count). The average molecular weight is 314 g/mol. The van der Waals surface area contributed by atoms with E-state index in [0.717, 1.165) is 30.7 Å². The number of hydrogen-bond donors (Lipinski definition) is 2. The van der Waals surface area contributed by atoms with Crippen LogP contribution in [-0.4, -0.2) is 28.1 Å². The van der Waals surface area contributed by atoms with Crippen LogP contribution in [0.1, 0.15) is 39.2 Å². The van der Waals surface area contributed by atoms with Gasteiger partial charge < -0.3 is 10.1 Å². The fourth-order valence-electron chi connectivity index (χ4n) is 1.88. The van der Waals surface area contributed by atoms with Gasteiger partial charge >= 0.3 is 0 Å². The molecule has 0 atom stereocenters. The first-order chi connectivity index (χ1) is 10.0. The maximum Gasteiger partial charge on any atom is 0.240 e. The molecule has 21 heavy (non-hydrogen) atoms. The second kappa shape index (κ2) is 9.02. The molecule has 1 aromatic carbocycles. The third-order valence-electron chi connectivity index (χ3n) is 2.93. The summed E-state index contributed by atoms with van der Waals surface area (Å²) in [7, 11) is -3.44. The number of rotatable bonds is 10. The summed E-state index contributed by atoms with van der Waals surface area (Å²) in [5.74, 6) is 0.732. The lowest BCUT2D eigenvalue weighted by Gasteiger charge is -2.13. The van der Waals surface area contributed by atoms with Crippen molar-refractivity contribution in [1.29, 1.82) is 0 Å². The van der Waals surface area contributed by atoms with Crippen LogP contribution >= 0.6 is 0 Å². The summed E-state index contributed by atoms with van der Waals surface area (Å²) in [6, 6.07) is 5.00. The number of nitrogens with one attached hydrogen (secondary N) is 2. The Kier molecular flexibility index (Phi) is 7.71. The van der Waals surface area contributed by atoms with Crippen LogP contribution in [0.25, 0.3) is 0 Å². The molecule has 0 heterocycles. The Balaban J connectivity index is 2.99. The van der Waals surface area contributed by atoms with Crippen molar-refractivity contribution in [3.05, 3.63) is 23.8 Å². The predicted octanol–water partition coefficient (Wildman–Crippen LogP) is 2.27. The third kappa shape index (κ3) is 5.65. The first kappa shape index (κ1) is 17.9. The van der Waals surface area contributed by atoms with E-state index in [1.54, 1.807) is 18.2 Å². The Bertz CT molecular complexity index is 530. The highest BCUT2D eigenvalue weighted by atomic mass is 32.2. The summed E-state index contributed by atoms with van der Waals surface area (Å²) in [4.78, 5) is 0.285. The van der Waals surface area contributed by atoms with Crippen LogP contribution in [0.4, 0.5) is 0 Å². The van der Waals surface area contributed by atoms with Crippen molar-refractivity contribution in [3.8, 4) is 5.75 Å². The summed E-state index contributed by atoms with van der Waals surface area (Å²) < 4.78 is 32.5. The zero-order valence-electron chi connectivity index (χ0n) is 13.1. The van der Waals surface area contributed by atoms with Crippen molar-refractivity contribution in [2.45, 2.75) is 45.1 Å². The molecular weight excluding hydrogens is 288 g/mol. The molecule has 0 aliphatic carbocycles. The van der Waals surface area contributed by atoms with E-state index in [4.69, 9.17) is 4.74 Å². The van der Waals surface area contributed by atoms with E-state index < -0.39 is 10.0 Å². The van der Waals surface area contributed by atoms with E-state index in [9.17, 15) is 8.42 Å². The van der Waals surface area contributed by atoms with Crippen LogP contribution in [0.2, 0.25) is 0 Å². The molecule has 6 heteroatoms. The van der Waals surface area contributed by atoms with Crippen LogP contribution in [-0.2, 0) is 16.6 Å². The Labute approximate surface area is 128 Å². The number of ether oxygens (including phenoxy) is 1. The van der Waals surface area contributed by atoms with Crippen molar-refractivity contribution in [3.63, 3.8) is 0 Å². The maximum absolute atomic E-state index is 12.2. The zero-order chi connectivity index (χ0) is 15.7. The van der Waals surface area contributed by atoms with Gasteiger partial charge in [0.15, 0.2) is 0 Å². The van der Waals surface area contributed by atoms with E-state index in [1.807, 2.05) is 13.8 Å². The predicted molar refractivity (Wildman–Crippen MR) is 85.1 cm³/mol. The van der Waals surface area contributed by atoms with E-state index in [1.165, 1.54) is 0 Å². The van der Waals surface area contributed by atoms with Crippen LogP contribution in [0, 0.1) is 0 Å². The van der Waals surface area contributed by atoms with Gasteiger partial charge in [0.1, 0.15) is 5.75 Å². The molecule has 0 saturated carbocycles. The highest BCUT2D eigenvalue weighted by Crippen LogP contribution is 2.22. The molecule has 0 saturated heterocycles. The first-order valence-electron chi connectivity index (χ1n) is 7.51. The van der Waals surface area contributed by atoms with Gasteiger partial charge in [-0.2, -0.15) is 0 Å². The van der Waals surface area contributed by atoms with Crippen LogP contribution in [0.3, 0.4) is 0 Å². The molecule has 0 spiro atoms. The monoisotopic (exact) mass is 314 g/mol.